The fourth-order valence-electron chi connectivity index (χ4n) is 2.09. The monoisotopic (exact) mass is 225 g/mol. The van der Waals surface area contributed by atoms with Crippen molar-refractivity contribution in [2.24, 2.45) is 5.92 Å². The molecule has 0 aromatic heterocycles. The summed E-state index contributed by atoms with van der Waals surface area (Å²) in [6, 6.07) is 7.54. The van der Waals surface area contributed by atoms with E-state index in [-0.39, 0.29) is 5.82 Å². The number of benzene rings is 1. The van der Waals surface area contributed by atoms with E-state index in [1.807, 2.05) is 24.9 Å². The molecule has 82 valence electrons. The highest BCUT2D eigenvalue weighted by Crippen LogP contribution is 2.27. The van der Waals surface area contributed by atoms with Crippen LogP contribution < -0.4 is 5.32 Å². The first-order valence-electron chi connectivity index (χ1n) is 5.29. The van der Waals surface area contributed by atoms with Gasteiger partial charge in [-0.05, 0) is 42.8 Å². The van der Waals surface area contributed by atoms with Crippen LogP contribution in [0.3, 0.4) is 0 Å². The smallest absolute Gasteiger partial charge is 0.123 e. The zero-order chi connectivity index (χ0) is 10.7. The Hall–Kier alpha value is -0.540. The highest BCUT2D eigenvalue weighted by atomic mass is 32.2. The normalized spacial score (nSPS) is 25.7. The van der Waals surface area contributed by atoms with Crippen LogP contribution >= 0.6 is 11.8 Å². The average molecular weight is 225 g/mol. The summed E-state index contributed by atoms with van der Waals surface area (Å²) < 4.78 is 13.0. The molecule has 3 heteroatoms. The molecule has 1 heterocycles. The predicted molar refractivity (Wildman–Crippen MR) is 63.8 cm³/mol. The summed E-state index contributed by atoms with van der Waals surface area (Å²) in [4.78, 5) is 0. The lowest BCUT2D eigenvalue weighted by Gasteiger charge is -2.17. The summed E-state index contributed by atoms with van der Waals surface area (Å²) in [5.74, 6) is 2.87. The second-order valence-corrected chi connectivity index (χ2v) is 5.10. The topological polar surface area (TPSA) is 12.0 Å². The third-order valence-corrected chi connectivity index (χ3v) is 4.21. The molecular weight excluding hydrogens is 209 g/mol. The summed E-state index contributed by atoms with van der Waals surface area (Å²) in [5.41, 5.74) is 1.11. The maximum atomic E-state index is 13.0. The van der Waals surface area contributed by atoms with E-state index in [1.165, 1.54) is 17.6 Å². The summed E-state index contributed by atoms with van der Waals surface area (Å²) in [6.07, 6.45) is 0.982. The summed E-state index contributed by atoms with van der Waals surface area (Å²) in [5, 5.41) is 3.33. The molecule has 0 saturated carbocycles. The molecule has 1 nitrogen and oxygen atoms in total. The molecule has 0 amide bonds. The van der Waals surface area contributed by atoms with Crippen molar-refractivity contribution >= 4 is 11.8 Å². The van der Waals surface area contributed by atoms with E-state index in [4.69, 9.17) is 0 Å². The molecule has 0 aliphatic carbocycles. The quantitative estimate of drug-likeness (QED) is 0.847. The first-order chi connectivity index (χ1) is 7.29. The van der Waals surface area contributed by atoms with Gasteiger partial charge in [0.2, 0.25) is 0 Å². The molecule has 2 atom stereocenters. The van der Waals surface area contributed by atoms with E-state index in [1.54, 1.807) is 12.1 Å². The van der Waals surface area contributed by atoms with E-state index in [0.717, 1.165) is 12.0 Å². The number of hydrogen-bond donors (Lipinski definition) is 1. The van der Waals surface area contributed by atoms with Gasteiger partial charge < -0.3 is 5.32 Å². The standard InChI is InChI=1S/C12H16FNS/c1-14-12-8-15-7-10(12)5-9-3-2-4-11(13)6-9/h2-4,6,10,12,14H,5,7-8H2,1H3. The fraction of sp³-hybridized carbons (Fsp3) is 0.500. The molecule has 1 fully saturated rings. The Morgan fingerprint density at radius 3 is 3.07 bits per heavy atom. The molecule has 15 heavy (non-hydrogen) atoms. The fourth-order valence-corrected chi connectivity index (χ4v) is 3.57. The number of halogens is 1. The van der Waals surface area contributed by atoms with Crippen LogP contribution in [0.2, 0.25) is 0 Å². The average Bonchev–Trinajstić information content (AvgIpc) is 2.65. The number of rotatable bonds is 3. The first-order valence-corrected chi connectivity index (χ1v) is 6.44. The zero-order valence-electron chi connectivity index (χ0n) is 8.87. The number of nitrogens with one attached hydrogen (secondary N) is 1. The molecule has 1 aliphatic heterocycles. The van der Waals surface area contributed by atoms with Gasteiger partial charge in [-0.3, -0.25) is 0 Å². The van der Waals surface area contributed by atoms with Crippen molar-refractivity contribution in [2.75, 3.05) is 18.6 Å². The highest BCUT2D eigenvalue weighted by Gasteiger charge is 2.26. The second-order valence-electron chi connectivity index (χ2n) is 4.03. The van der Waals surface area contributed by atoms with Crippen LogP contribution in [0.5, 0.6) is 0 Å². The maximum Gasteiger partial charge on any atom is 0.123 e. The van der Waals surface area contributed by atoms with E-state index in [0.29, 0.717) is 12.0 Å². The molecule has 1 aromatic rings. The molecule has 1 aliphatic rings. The molecule has 0 spiro atoms. The van der Waals surface area contributed by atoms with Crippen LogP contribution in [0, 0.1) is 11.7 Å². The summed E-state index contributed by atoms with van der Waals surface area (Å²) >= 11 is 1.98. The summed E-state index contributed by atoms with van der Waals surface area (Å²) in [6.45, 7) is 0. The Labute approximate surface area is 94.5 Å². The summed E-state index contributed by atoms with van der Waals surface area (Å²) in [7, 11) is 2.01. The van der Waals surface area contributed by atoms with Gasteiger partial charge in [-0.25, -0.2) is 4.39 Å². The van der Waals surface area contributed by atoms with Gasteiger partial charge in [0.15, 0.2) is 0 Å². The molecule has 2 rings (SSSR count). The largest absolute Gasteiger partial charge is 0.316 e. The molecule has 1 saturated heterocycles. The van der Waals surface area contributed by atoms with Crippen molar-refractivity contribution in [3.8, 4) is 0 Å². The van der Waals surface area contributed by atoms with Crippen LogP contribution in [-0.4, -0.2) is 24.6 Å². The first kappa shape index (κ1) is 11.0. The second kappa shape index (κ2) is 4.99. The van der Waals surface area contributed by atoms with Crippen LogP contribution in [-0.2, 0) is 6.42 Å². The minimum absolute atomic E-state index is 0.126. The van der Waals surface area contributed by atoms with Gasteiger partial charge >= 0.3 is 0 Å². The van der Waals surface area contributed by atoms with Crippen molar-refractivity contribution in [2.45, 2.75) is 12.5 Å². The van der Waals surface area contributed by atoms with Gasteiger partial charge in [-0.2, -0.15) is 11.8 Å². The van der Waals surface area contributed by atoms with Crippen molar-refractivity contribution in [1.82, 2.24) is 5.32 Å². The number of thioether (sulfide) groups is 1. The van der Waals surface area contributed by atoms with Crippen molar-refractivity contribution in [3.05, 3.63) is 35.6 Å². The van der Waals surface area contributed by atoms with Crippen LogP contribution in [0.15, 0.2) is 24.3 Å². The lowest BCUT2D eigenvalue weighted by Crippen LogP contribution is -2.33. The third kappa shape index (κ3) is 2.73. The minimum Gasteiger partial charge on any atom is -0.316 e. The number of hydrogen-bond acceptors (Lipinski definition) is 2. The molecule has 0 radical (unpaired) electrons. The van der Waals surface area contributed by atoms with Crippen LogP contribution in [0.1, 0.15) is 5.56 Å². The zero-order valence-corrected chi connectivity index (χ0v) is 9.69. The van der Waals surface area contributed by atoms with Crippen LogP contribution in [0.25, 0.3) is 0 Å². The van der Waals surface area contributed by atoms with Crippen LogP contribution in [0.4, 0.5) is 4.39 Å². The lowest BCUT2D eigenvalue weighted by molar-refractivity contribution is 0.452. The van der Waals surface area contributed by atoms with E-state index in [2.05, 4.69) is 5.32 Å². The molecule has 1 aromatic carbocycles. The van der Waals surface area contributed by atoms with Gasteiger partial charge in [0.1, 0.15) is 5.82 Å². The Kier molecular flexibility index (Phi) is 3.65. The third-order valence-electron chi connectivity index (χ3n) is 2.96. The van der Waals surface area contributed by atoms with Crippen molar-refractivity contribution in [1.29, 1.82) is 0 Å². The Morgan fingerprint density at radius 2 is 2.33 bits per heavy atom. The Morgan fingerprint density at radius 1 is 1.47 bits per heavy atom. The van der Waals surface area contributed by atoms with Gasteiger partial charge in [0.25, 0.3) is 0 Å². The SMILES string of the molecule is CNC1CSCC1Cc1cccc(F)c1. The van der Waals surface area contributed by atoms with Gasteiger partial charge in [-0.1, -0.05) is 12.1 Å². The Balaban J connectivity index is 2.02. The highest BCUT2D eigenvalue weighted by molar-refractivity contribution is 7.99. The van der Waals surface area contributed by atoms with E-state index in [9.17, 15) is 4.39 Å². The van der Waals surface area contributed by atoms with Gasteiger partial charge in [0, 0.05) is 11.8 Å². The van der Waals surface area contributed by atoms with E-state index >= 15 is 0 Å². The molecular formula is C12H16FNS. The molecule has 0 bridgehead atoms. The minimum atomic E-state index is -0.126. The molecule has 1 N–H and O–H groups in total. The lowest BCUT2D eigenvalue weighted by atomic mass is 9.95. The van der Waals surface area contributed by atoms with Gasteiger partial charge in [-0.15, -0.1) is 0 Å². The Bertz CT molecular complexity index is 329. The predicted octanol–water partition coefficient (Wildman–Crippen LogP) is 2.32. The van der Waals surface area contributed by atoms with Crippen molar-refractivity contribution in [3.63, 3.8) is 0 Å². The van der Waals surface area contributed by atoms with E-state index < -0.39 is 0 Å². The maximum absolute atomic E-state index is 13.0. The molecule has 2 unspecified atom stereocenters. The van der Waals surface area contributed by atoms with Crippen molar-refractivity contribution < 1.29 is 4.39 Å². The van der Waals surface area contributed by atoms with Gasteiger partial charge in [0.05, 0.1) is 0 Å².